The quantitative estimate of drug-likeness (QED) is 0.788. The molecule has 0 radical (unpaired) electrons. The predicted octanol–water partition coefficient (Wildman–Crippen LogP) is 3.28. The summed E-state index contributed by atoms with van der Waals surface area (Å²) in [4.78, 5) is 11.5. The van der Waals surface area contributed by atoms with Crippen molar-refractivity contribution < 1.29 is 9.90 Å². The summed E-state index contributed by atoms with van der Waals surface area (Å²) >= 11 is 7.08. The molecule has 13 heavy (non-hydrogen) atoms. The Labute approximate surface area is 85.5 Å². The first-order chi connectivity index (χ1) is 6.13. The summed E-state index contributed by atoms with van der Waals surface area (Å²) in [7, 11) is 0. The maximum atomic E-state index is 10.6. The van der Waals surface area contributed by atoms with Gasteiger partial charge in [-0.05, 0) is 24.6 Å². The maximum Gasteiger partial charge on any atom is 0.331 e. The molecule has 2 nitrogen and oxygen atoms in total. The molecule has 0 saturated carbocycles. The molecule has 0 amide bonds. The first kappa shape index (κ1) is 10.3. The van der Waals surface area contributed by atoms with E-state index in [2.05, 4.69) is 0 Å². The van der Waals surface area contributed by atoms with Crippen LogP contribution in [0.1, 0.15) is 18.2 Å². The van der Waals surface area contributed by atoms with Gasteiger partial charge in [0.25, 0.3) is 0 Å². The number of hydrogen-bond donors (Lipinski definition) is 1. The number of rotatable bonds is 3. The van der Waals surface area contributed by atoms with Gasteiger partial charge in [0, 0.05) is 10.5 Å². The summed E-state index contributed by atoms with van der Waals surface area (Å²) in [6, 6.07) is 3.57. The molecule has 0 aliphatic rings. The van der Waals surface area contributed by atoms with Gasteiger partial charge < -0.3 is 5.11 Å². The van der Waals surface area contributed by atoms with Crippen molar-refractivity contribution in [1.82, 2.24) is 0 Å². The van der Waals surface area contributed by atoms with Crippen LogP contribution in [0.4, 0.5) is 0 Å². The van der Waals surface area contributed by atoms with Gasteiger partial charge in [-0.2, -0.15) is 0 Å². The third kappa shape index (κ3) is 2.86. The summed E-state index contributed by atoms with van der Waals surface area (Å²) in [5.74, 6) is -0.868. The second kappa shape index (κ2) is 4.44. The summed E-state index contributed by atoms with van der Waals surface area (Å²) < 4.78 is 0.673. The molecule has 1 rings (SSSR count). The number of halogens is 1. The summed E-state index contributed by atoms with van der Waals surface area (Å²) in [5.41, 5.74) is 0.401. The standard InChI is InChI=1S/C9H9ClO2S/c1-2-6(9(11)12)5-7-3-4-8(10)13-7/h3-5H,2H2,1H3,(H,11,12)/b6-5+. The van der Waals surface area contributed by atoms with Crippen molar-refractivity contribution in [2.24, 2.45) is 0 Å². The molecular weight excluding hydrogens is 208 g/mol. The summed E-state index contributed by atoms with van der Waals surface area (Å²) in [6.45, 7) is 1.81. The molecule has 0 aliphatic carbocycles. The van der Waals surface area contributed by atoms with Crippen LogP contribution in [0, 0.1) is 0 Å². The Balaban J connectivity index is 2.91. The molecule has 0 fully saturated rings. The van der Waals surface area contributed by atoms with Gasteiger partial charge in [0.2, 0.25) is 0 Å². The molecule has 0 aliphatic heterocycles. The highest BCUT2D eigenvalue weighted by Crippen LogP contribution is 2.24. The van der Waals surface area contributed by atoms with E-state index >= 15 is 0 Å². The minimum Gasteiger partial charge on any atom is -0.478 e. The molecule has 0 unspecified atom stereocenters. The maximum absolute atomic E-state index is 10.6. The molecule has 1 N–H and O–H groups in total. The van der Waals surface area contributed by atoms with Gasteiger partial charge >= 0.3 is 5.97 Å². The van der Waals surface area contributed by atoms with E-state index in [4.69, 9.17) is 16.7 Å². The lowest BCUT2D eigenvalue weighted by atomic mass is 10.2. The minimum absolute atomic E-state index is 0.401. The highest BCUT2D eigenvalue weighted by Gasteiger charge is 2.04. The van der Waals surface area contributed by atoms with Gasteiger partial charge in [-0.1, -0.05) is 18.5 Å². The number of aliphatic carboxylic acids is 1. The van der Waals surface area contributed by atoms with Crippen LogP contribution < -0.4 is 0 Å². The Kier molecular flexibility index (Phi) is 3.51. The zero-order chi connectivity index (χ0) is 9.84. The van der Waals surface area contributed by atoms with Gasteiger partial charge in [-0.15, -0.1) is 11.3 Å². The van der Waals surface area contributed by atoms with E-state index in [0.717, 1.165) is 4.88 Å². The molecule has 0 saturated heterocycles. The topological polar surface area (TPSA) is 37.3 Å². The third-order valence-corrected chi connectivity index (χ3v) is 2.74. The lowest BCUT2D eigenvalue weighted by Gasteiger charge is -1.94. The summed E-state index contributed by atoms with van der Waals surface area (Å²) in [6.07, 6.45) is 2.17. The van der Waals surface area contributed by atoms with Gasteiger partial charge in [0.05, 0.1) is 4.34 Å². The minimum atomic E-state index is -0.868. The molecule has 70 valence electrons. The van der Waals surface area contributed by atoms with Crippen LogP contribution in [0.3, 0.4) is 0 Å². The number of thiophene rings is 1. The van der Waals surface area contributed by atoms with Gasteiger partial charge in [-0.25, -0.2) is 4.79 Å². The molecule has 4 heteroatoms. The second-order valence-electron chi connectivity index (χ2n) is 2.47. The lowest BCUT2D eigenvalue weighted by molar-refractivity contribution is -0.132. The van der Waals surface area contributed by atoms with E-state index in [9.17, 15) is 4.79 Å². The van der Waals surface area contributed by atoms with Crippen LogP contribution in [0.2, 0.25) is 4.34 Å². The molecular formula is C9H9ClO2S. The molecule has 0 atom stereocenters. The van der Waals surface area contributed by atoms with E-state index in [0.29, 0.717) is 16.3 Å². The Bertz CT molecular complexity index is 341. The van der Waals surface area contributed by atoms with Crippen LogP contribution in [0.5, 0.6) is 0 Å². The normalized spacial score (nSPS) is 11.7. The number of carboxylic acids is 1. The van der Waals surface area contributed by atoms with Crippen LogP contribution in [-0.4, -0.2) is 11.1 Å². The van der Waals surface area contributed by atoms with Crippen molar-refractivity contribution in [3.05, 3.63) is 26.9 Å². The SMILES string of the molecule is CC/C(=C\c1ccc(Cl)s1)C(=O)O. The first-order valence-corrected chi connectivity index (χ1v) is 5.02. The van der Waals surface area contributed by atoms with Crippen molar-refractivity contribution in [1.29, 1.82) is 0 Å². The molecule has 0 bridgehead atoms. The lowest BCUT2D eigenvalue weighted by Crippen LogP contribution is -1.97. The zero-order valence-corrected chi connectivity index (χ0v) is 8.65. The van der Waals surface area contributed by atoms with E-state index in [1.54, 1.807) is 12.1 Å². The Morgan fingerprint density at radius 1 is 1.69 bits per heavy atom. The van der Waals surface area contributed by atoms with E-state index < -0.39 is 5.97 Å². The average Bonchev–Trinajstić information content (AvgIpc) is 2.46. The largest absolute Gasteiger partial charge is 0.478 e. The van der Waals surface area contributed by atoms with Crippen molar-refractivity contribution >= 4 is 35.0 Å². The first-order valence-electron chi connectivity index (χ1n) is 3.82. The fourth-order valence-electron chi connectivity index (χ4n) is 0.893. The van der Waals surface area contributed by atoms with Gasteiger partial charge in [0.1, 0.15) is 0 Å². The number of carboxylic acid groups (broad SMARTS) is 1. The molecule has 1 aromatic heterocycles. The van der Waals surface area contributed by atoms with E-state index in [1.807, 2.05) is 13.0 Å². The predicted molar refractivity (Wildman–Crippen MR) is 55.2 cm³/mol. The third-order valence-electron chi connectivity index (χ3n) is 1.57. The monoisotopic (exact) mass is 216 g/mol. The van der Waals surface area contributed by atoms with Crippen LogP contribution in [0.25, 0.3) is 6.08 Å². The van der Waals surface area contributed by atoms with E-state index in [-0.39, 0.29) is 0 Å². The number of hydrogen-bond acceptors (Lipinski definition) is 2. The van der Waals surface area contributed by atoms with Crippen molar-refractivity contribution in [3.63, 3.8) is 0 Å². The second-order valence-corrected chi connectivity index (χ2v) is 4.22. The van der Waals surface area contributed by atoms with Crippen molar-refractivity contribution in [2.75, 3.05) is 0 Å². The van der Waals surface area contributed by atoms with E-state index in [1.165, 1.54) is 11.3 Å². The van der Waals surface area contributed by atoms with Crippen molar-refractivity contribution in [3.8, 4) is 0 Å². The van der Waals surface area contributed by atoms with Crippen molar-refractivity contribution in [2.45, 2.75) is 13.3 Å². The van der Waals surface area contributed by atoms with Crippen LogP contribution in [-0.2, 0) is 4.79 Å². The Hall–Kier alpha value is -0.800. The molecule has 1 aromatic rings. The van der Waals surface area contributed by atoms with Crippen LogP contribution in [0.15, 0.2) is 17.7 Å². The van der Waals surface area contributed by atoms with Crippen LogP contribution >= 0.6 is 22.9 Å². The van der Waals surface area contributed by atoms with Gasteiger partial charge in [-0.3, -0.25) is 0 Å². The smallest absolute Gasteiger partial charge is 0.331 e. The Morgan fingerprint density at radius 2 is 2.38 bits per heavy atom. The highest BCUT2D eigenvalue weighted by atomic mass is 35.5. The fourth-order valence-corrected chi connectivity index (χ4v) is 1.92. The Morgan fingerprint density at radius 3 is 2.77 bits per heavy atom. The zero-order valence-electron chi connectivity index (χ0n) is 7.08. The fraction of sp³-hybridized carbons (Fsp3) is 0.222. The average molecular weight is 217 g/mol. The molecule has 0 spiro atoms. The molecule has 1 heterocycles. The number of carbonyl (C=O) groups is 1. The molecule has 0 aromatic carbocycles. The highest BCUT2D eigenvalue weighted by molar-refractivity contribution is 7.17. The summed E-state index contributed by atoms with van der Waals surface area (Å²) in [5, 5.41) is 8.74. The van der Waals surface area contributed by atoms with Gasteiger partial charge in [0.15, 0.2) is 0 Å².